The molecule has 6 nitrogen and oxygen atoms in total. The first-order chi connectivity index (χ1) is 15.1. The van der Waals surface area contributed by atoms with Gasteiger partial charge in [-0.05, 0) is 49.2 Å². The number of nitrogens with zero attached hydrogens (tertiary/aromatic N) is 1. The summed E-state index contributed by atoms with van der Waals surface area (Å²) in [5.74, 6) is 0.762. The number of carbonyl (C=O) groups is 1. The number of anilines is 2. The third kappa shape index (κ3) is 4.46. The van der Waals surface area contributed by atoms with E-state index in [0.29, 0.717) is 6.54 Å². The molecule has 5 rings (SSSR count). The number of piperazine rings is 1. The molecule has 1 saturated carbocycles. The number of halogens is 1. The van der Waals surface area contributed by atoms with Crippen LogP contribution in [-0.2, 0) is 4.79 Å². The number of rotatable bonds is 4. The van der Waals surface area contributed by atoms with Gasteiger partial charge in [0.2, 0.25) is 0 Å². The van der Waals surface area contributed by atoms with E-state index in [1.807, 2.05) is 30.3 Å². The molecule has 0 unspecified atom stereocenters. The Bertz CT molecular complexity index is 936. The Morgan fingerprint density at radius 2 is 1.71 bits per heavy atom. The van der Waals surface area contributed by atoms with Gasteiger partial charge in [0, 0.05) is 30.3 Å². The maximum atomic E-state index is 13.1. The molecule has 0 aromatic heterocycles. The molecule has 0 bridgehead atoms. The Balaban J connectivity index is 1.13. The van der Waals surface area contributed by atoms with Gasteiger partial charge in [-0.15, -0.1) is 0 Å². The lowest BCUT2D eigenvalue weighted by molar-refractivity contribution is -0.892. The summed E-state index contributed by atoms with van der Waals surface area (Å²) in [5, 5.41) is 3.01. The fraction of sp³-hybridized carbons (Fsp3) is 0.458. The van der Waals surface area contributed by atoms with E-state index in [1.165, 1.54) is 23.5 Å². The lowest BCUT2D eigenvalue weighted by Crippen LogP contribution is -3.15. The third-order valence-corrected chi connectivity index (χ3v) is 6.51. The predicted octanol–water partition coefficient (Wildman–Crippen LogP) is 2.60. The van der Waals surface area contributed by atoms with Gasteiger partial charge in [-0.25, -0.2) is 4.39 Å². The summed E-state index contributed by atoms with van der Waals surface area (Å²) in [5.41, 5.74) is 1.77. The van der Waals surface area contributed by atoms with Crippen LogP contribution >= 0.6 is 0 Å². The van der Waals surface area contributed by atoms with Crippen molar-refractivity contribution in [1.29, 1.82) is 0 Å². The highest BCUT2D eigenvalue weighted by Gasteiger charge is 2.42. The molecule has 3 aliphatic rings. The lowest BCUT2D eigenvalue weighted by atomic mass is 9.94. The van der Waals surface area contributed by atoms with Gasteiger partial charge in [0.1, 0.15) is 5.82 Å². The van der Waals surface area contributed by atoms with Crippen molar-refractivity contribution in [2.75, 3.05) is 42.9 Å². The molecule has 0 atom stereocenters. The van der Waals surface area contributed by atoms with Gasteiger partial charge < -0.3 is 24.6 Å². The predicted molar refractivity (Wildman–Crippen MR) is 116 cm³/mol. The van der Waals surface area contributed by atoms with Gasteiger partial charge in [0.15, 0.2) is 18.0 Å². The van der Waals surface area contributed by atoms with Crippen molar-refractivity contribution in [3.63, 3.8) is 0 Å². The van der Waals surface area contributed by atoms with Crippen molar-refractivity contribution in [3.05, 3.63) is 48.3 Å². The average molecular weight is 427 g/mol. The fourth-order valence-corrected chi connectivity index (χ4v) is 4.81. The number of ether oxygens (including phenoxy) is 2. The molecule has 2 aromatic carbocycles. The van der Waals surface area contributed by atoms with E-state index < -0.39 is 5.79 Å². The maximum absolute atomic E-state index is 13.1. The number of hydrogen-bond acceptors (Lipinski definition) is 4. The Labute approximate surface area is 181 Å². The topological polar surface area (TPSA) is 55.2 Å². The summed E-state index contributed by atoms with van der Waals surface area (Å²) < 4.78 is 25.4. The van der Waals surface area contributed by atoms with Crippen LogP contribution in [0.1, 0.15) is 32.1 Å². The van der Waals surface area contributed by atoms with Crippen LogP contribution in [0.2, 0.25) is 0 Å². The van der Waals surface area contributed by atoms with E-state index in [4.69, 9.17) is 9.47 Å². The van der Waals surface area contributed by atoms with E-state index >= 15 is 0 Å². The highest BCUT2D eigenvalue weighted by atomic mass is 19.1. The lowest BCUT2D eigenvalue weighted by Gasteiger charge is -2.33. The molecule has 164 valence electrons. The molecule has 1 saturated heterocycles. The van der Waals surface area contributed by atoms with Crippen LogP contribution in [0.25, 0.3) is 0 Å². The first-order valence-electron chi connectivity index (χ1n) is 11.2. The normalized spacial score (nSPS) is 20.1. The van der Waals surface area contributed by atoms with Gasteiger partial charge in [-0.1, -0.05) is 6.42 Å². The summed E-state index contributed by atoms with van der Waals surface area (Å²) in [6.07, 6.45) is 5.30. The number of benzene rings is 2. The van der Waals surface area contributed by atoms with Crippen LogP contribution < -0.4 is 24.6 Å². The molecular weight excluding hydrogens is 397 g/mol. The Hall–Kier alpha value is -2.80. The van der Waals surface area contributed by atoms with Gasteiger partial charge in [0.05, 0.1) is 26.2 Å². The van der Waals surface area contributed by atoms with Crippen molar-refractivity contribution in [2.24, 2.45) is 0 Å². The van der Waals surface area contributed by atoms with Crippen molar-refractivity contribution in [1.82, 2.24) is 0 Å². The zero-order valence-electron chi connectivity index (χ0n) is 17.7. The van der Waals surface area contributed by atoms with Crippen LogP contribution in [0, 0.1) is 5.82 Å². The number of hydrogen-bond donors (Lipinski definition) is 2. The van der Waals surface area contributed by atoms with E-state index in [1.54, 1.807) is 0 Å². The number of fused-ring (bicyclic) bond motifs is 1. The zero-order valence-corrected chi connectivity index (χ0v) is 17.7. The van der Waals surface area contributed by atoms with Gasteiger partial charge >= 0.3 is 0 Å². The maximum Gasteiger partial charge on any atom is 0.279 e. The summed E-state index contributed by atoms with van der Waals surface area (Å²) in [6.45, 7) is 3.86. The number of nitrogens with one attached hydrogen (secondary N) is 2. The standard InChI is InChI=1S/C24H28FN3O3/c25-18-4-7-20(8-5-18)28-14-12-27(13-15-28)17-23(29)26-19-6-9-21-22(16-19)31-24(30-21)10-2-1-3-11-24/h4-9,16H,1-3,10-15,17H2,(H,26,29)/p+1. The van der Waals surface area contributed by atoms with Crippen molar-refractivity contribution in [3.8, 4) is 11.5 Å². The first kappa shape index (κ1) is 20.1. The van der Waals surface area contributed by atoms with Crippen LogP contribution in [-0.4, -0.2) is 44.4 Å². The van der Waals surface area contributed by atoms with E-state index in [2.05, 4.69) is 10.2 Å². The first-order valence-corrected chi connectivity index (χ1v) is 11.2. The molecule has 1 amide bonds. The minimum absolute atomic E-state index is 0.00326. The summed E-state index contributed by atoms with van der Waals surface area (Å²) >= 11 is 0. The second-order valence-electron chi connectivity index (χ2n) is 8.78. The van der Waals surface area contributed by atoms with Gasteiger partial charge in [0.25, 0.3) is 11.7 Å². The summed E-state index contributed by atoms with van der Waals surface area (Å²) in [6, 6.07) is 12.2. The summed E-state index contributed by atoms with van der Waals surface area (Å²) in [7, 11) is 0. The summed E-state index contributed by atoms with van der Waals surface area (Å²) in [4.78, 5) is 16.1. The second kappa shape index (κ2) is 8.38. The smallest absolute Gasteiger partial charge is 0.279 e. The van der Waals surface area contributed by atoms with Crippen LogP contribution in [0.3, 0.4) is 0 Å². The highest BCUT2D eigenvalue weighted by Crippen LogP contribution is 2.46. The van der Waals surface area contributed by atoms with Gasteiger partial charge in [-0.3, -0.25) is 4.79 Å². The quantitative estimate of drug-likeness (QED) is 0.789. The second-order valence-corrected chi connectivity index (χ2v) is 8.78. The van der Waals surface area contributed by atoms with Crippen molar-refractivity contribution >= 4 is 17.3 Å². The molecule has 2 heterocycles. The van der Waals surface area contributed by atoms with Crippen LogP contribution in [0.15, 0.2) is 42.5 Å². The monoisotopic (exact) mass is 426 g/mol. The fourth-order valence-electron chi connectivity index (χ4n) is 4.81. The Morgan fingerprint density at radius 1 is 1.00 bits per heavy atom. The van der Waals surface area contributed by atoms with E-state index in [-0.39, 0.29) is 11.7 Å². The van der Waals surface area contributed by atoms with Gasteiger partial charge in [-0.2, -0.15) is 0 Å². The van der Waals surface area contributed by atoms with Crippen LogP contribution in [0.4, 0.5) is 15.8 Å². The molecule has 2 N–H and O–H groups in total. The Morgan fingerprint density at radius 3 is 2.45 bits per heavy atom. The molecule has 0 radical (unpaired) electrons. The van der Waals surface area contributed by atoms with Crippen LogP contribution in [0.5, 0.6) is 11.5 Å². The SMILES string of the molecule is O=C(C[NH+]1CCN(c2ccc(F)cc2)CC1)Nc1ccc2c(c1)OC1(CCCCC1)O2. The zero-order chi connectivity index (χ0) is 21.3. The molecule has 7 heteroatoms. The molecule has 2 aromatic rings. The number of carbonyl (C=O) groups excluding carboxylic acids is 1. The van der Waals surface area contributed by atoms with Crippen molar-refractivity contribution in [2.45, 2.75) is 37.9 Å². The molecule has 1 aliphatic carbocycles. The Kier molecular flexibility index (Phi) is 5.44. The highest BCUT2D eigenvalue weighted by molar-refractivity contribution is 5.91. The average Bonchev–Trinajstić information content (AvgIpc) is 3.12. The van der Waals surface area contributed by atoms with Crippen molar-refractivity contribution < 1.29 is 23.6 Å². The minimum Gasteiger partial charge on any atom is -0.448 e. The molecular formula is C24H29FN3O3+. The molecule has 31 heavy (non-hydrogen) atoms. The molecule has 2 fully saturated rings. The largest absolute Gasteiger partial charge is 0.448 e. The molecule has 1 spiro atoms. The third-order valence-electron chi connectivity index (χ3n) is 6.51. The van der Waals surface area contributed by atoms with E-state index in [9.17, 15) is 9.18 Å². The minimum atomic E-state index is -0.502. The molecule has 2 aliphatic heterocycles. The van der Waals surface area contributed by atoms with E-state index in [0.717, 1.165) is 74.7 Å². The number of quaternary nitrogens is 1. The number of amides is 1.